The summed E-state index contributed by atoms with van der Waals surface area (Å²) in [6, 6.07) is 4.12. The number of aryl methyl sites for hydroxylation is 3. The molecule has 0 bridgehead atoms. The fourth-order valence-electron chi connectivity index (χ4n) is 4.36. The standard InChI is InChI=1S/C23H34N6O3S/c1-15-20(16(2)27(7)25-15)31-32-33-28-12-8-9-17(13-28)18-10-11-19-21(24-18)26(6)22(30)29(19)14-23(3,4)5/h10-11,17H,8-9,12-14H2,1-7H3. The molecule has 0 N–H and O–H groups in total. The number of hydrogen-bond donors (Lipinski definition) is 0. The molecule has 4 heterocycles. The molecule has 0 amide bonds. The maximum Gasteiger partial charge on any atom is 0.330 e. The van der Waals surface area contributed by atoms with Crippen molar-refractivity contribution in [2.24, 2.45) is 19.5 Å². The number of nitrogens with zero attached hydrogens (tertiary/aromatic N) is 6. The Labute approximate surface area is 198 Å². The van der Waals surface area contributed by atoms with Gasteiger partial charge in [0.15, 0.2) is 5.65 Å². The molecule has 0 aromatic carbocycles. The molecular weight excluding hydrogens is 440 g/mol. The molecule has 1 unspecified atom stereocenters. The molecule has 33 heavy (non-hydrogen) atoms. The fourth-order valence-corrected chi connectivity index (χ4v) is 4.99. The van der Waals surface area contributed by atoms with Gasteiger partial charge in [0.25, 0.3) is 0 Å². The van der Waals surface area contributed by atoms with Crippen LogP contribution in [0.5, 0.6) is 5.75 Å². The molecule has 0 saturated carbocycles. The summed E-state index contributed by atoms with van der Waals surface area (Å²) in [7, 11) is 3.69. The number of piperidine rings is 1. The van der Waals surface area contributed by atoms with E-state index in [9.17, 15) is 4.79 Å². The van der Waals surface area contributed by atoms with Crippen LogP contribution in [0.3, 0.4) is 0 Å². The van der Waals surface area contributed by atoms with Gasteiger partial charge >= 0.3 is 5.69 Å². The molecule has 1 fully saturated rings. The molecule has 3 aromatic heterocycles. The van der Waals surface area contributed by atoms with E-state index in [1.807, 2.05) is 31.5 Å². The molecule has 0 spiro atoms. The van der Waals surface area contributed by atoms with E-state index in [1.54, 1.807) is 16.3 Å². The maximum atomic E-state index is 12.8. The Balaban J connectivity index is 1.46. The summed E-state index contributed by atoms with van der Waals surface area (Å²) in [5.41, 5.74) is 4.36. The lowest BCUT2D eigenvalue weighted by molar-refractivity contribution is -0.0842. The van der Waals surface area contributed by atoms with Gasteiger partial charge in [-0.25, -0.2) is 14.1 Å². The van der Waals surface area contributed by atoms with Crippen LogP contribution >= 0.6 is 12.2 Å². The zero-order chi connectivity index (χ0) is 23.9. The van der Waals surface area contributed by atoms with Gasteiger partial charge in [-0.2, -0.15) is 5.10 Å². The van der Waals surface area contributed by atoms with Crippen LogP contribution in [0.1, 0.15) is 56.6 Å². The molecule has 4 rings (SSSR count). The second-order valence-electron chi connectivity index (χ2n) is 10.1. The Bertz CT molecular complexity index is 1210. The smallest absolute Gasteiger partial charge is 0.320 e. The molecule has 1 aliphatic rings. The van der Waals surface area contributed by atoms with Crippen LogP contribution in [0.15, 0.2) is 16.9 Å². The van der Waals surface area contributed by atoms with E-state index >= 15 is 0 Å². The zero-order valence-electron chi connectivity index (χ0n) is 20.6. The van der Waals surface area contributed by atoms with E-state index in [-0.39, 0.29) is 17.0 Å². The van der Waals surface area contributed by atoms with Crippen LogP contribution in [-0.4, -0.2) is 41.3 Å². The van der Waals surface area contributed by atoms with Gasteiger partial charge in [0.2, 0.25) is 5.75 Å². The third-order valence-electron chi connectivity index (χ3n) is 6.13. The van der Waals surface area contributed by atoms with Crippen molar-refractivity contribution < 1.29 is 9.22 Å². The number of rotatable bonds is 6. The highest BCUT2D eigenvalue weighted by molar-refractivity contribution is 7.92. The molecular formula is C23H34N6O3S. The summed E-state index contributed by atoms with van der Waals surface area (Å²) in [6.45, 7) is 12.6. The zero-order valence-corrected chi connectivity index (χ0v) is 21.4. The second-order valence-corrected chi connectivity index (χ2v) is 10.9. The first kappa shape index (κ1) is 23.8. The van der Waals surface area contributed by atoms with Crippen LogP contribution in [0.2, 0.25) is 0 Å². The molecule has 3 aromatic rings. The Hall–Kier alpha value is -2.30. The summed E-state index contributed by atoms with van der Waals surface area (Å²) in [4.78, 5) is 23.3. The van der Waals surface area contributed by atoms with Crippen molar-refractivity contribution in [1.82, 2.24) is 28.2 Å². The molecule has 0 radical (unpaired) electrons. The molecule has 1 atom stereocenters. The maximum absolute atomic E-state index is 12.8. The van der Waals surface area contributed by atoms with Gasteiger partial charge in [-0.3, -0.25) is 13.8 Å². The monoisotopic (exact) mass is 474 g/mol. The molecule has 1 saturated heterocycles. The molecule has 9 nitrogen and oxygen atoms in total. The molecule has 180 valence electrons. The highest BCUT2D eigenvalue weighted by atomic mass is 32.2. The largest absolute Gasteiger partial charge is 0.330 e. The van der Waals surface area contributed by atoms with Gasteiger partial charge in [0.05, 0.1) is 11.2 Å². The van der Waals surface area contributed by atoms with Gasteiger partial charge in [0, 0.05) is 45.3 Å². The minimum absolute atomic E-state index is 0.00679. The van der Waals surface area contributed by atoms with Crippen LogP contribution < -0.4 is 10.6 Å². The Kier molecular flexibility index (Phi) is 6.61. The van der Waals surface area contributed by atoms with E-state index in [0.717, 1.165) is 54.2 Å². The lowest BCUT2D eigenvalue weighted by atomic mass is 9.95. The summed E-state index contributed by atoms with van der Waals surface area (Å²) in [6.07, 6.45) is 2.09. The normalized spacial score (nSPS) is 17.7. The third kappa shape index (κ3) is 4.97. The summed E-state index contributed by atoms with van der Waals surface area (Å²) in [5, 5.41) is 4.34. The van der Waals surface area contributed by atoms with Crippen LogP contribution in [0, 0.1) is 19.3 Å². The van der Waals surface area contributed by atoms with E-state index in [0.29, 0.717) is 12.3 Å². The van der Waals surface area contributed by atoms with E-state index < -0.39 is 0 Å². The van der Waals surface area contributed by atoms with Crippen LogP contribution in [0.4, 0.5) is 0 Å². The SMILES string of the molecule is Cc1nn(C)c(C)c1OOSN1CCCC(c2ccc3c(n2)n(C)c(=O)n3CC(C)(C)C)C1. The lowest BCUT2D eigenvalue weighted by Crippen LogP contribution is -2.30. The van der Waals surface area contributed by atoms with E-state index in [2.05, 4.69) is 36.2 Å². The minimum Gasteiger partial charge on any atom is -0.320 e. The lowest BCUT2D eigenvalue weighted by Gasteiger charge is -2.29. The number of hydrogen-bond acceptors (Lipinski definition) is 7. The molecule has 0 aliphatic carbocycles. The summed E-state index contributed by atoms with van der Waals surface area (Å²) in [5.74, 6) is 0.925. The van der Waals surface area contributed by atoms with Gasteiger partial charge < -0.3 is 4.89 Å². The molecule has 1 aliphatic heterocycles. The number of pyridine rings is 1. The molecule has 10 heteroatoms. The highest BCUT2D eigenvalue weighted by Crippen LogP contribution is 2.32. The van der Waals surface area contributed by atoms with Crippen molar-refractivity contribution in [3.63, 3.8) is 0 Å². The van der Waals surface area contributed by atoms with E-state index in [1.165, 1.54) is 12.2 Å². The number of imidazole rings is 1. The van der Waals surface area contributed by atoms with Crippen molar-refractivity contribution in [2.45, 2.75) is 59.9 Å². The second kappa shape index (κ2) is 9.15. The van der Waals surface area contributed by atoms with Crippen molar-refractivity contribution in [3.05, 3.63) is 39.7 Å². The third-order valence-corrected chi connectivity index (χ3v) is 6.80. The Morgan fingerprint density at radius 1 is 1.21 bits per heavy atom. The van der Waals surface area contributed by atoms with Gasteiger partial charge in [-0.1, -0.05) is 25.1 Å². The Morgan fingerprint density at radius 3 is 2.64 bits per heavy atom. The van der Waals surface area contributed by atoms with Gasteiger partial charge in [-0.15, -0.1) is 0 Å². The Morgan fingerprint density at radius 2 is 1.97 bits per heavy atom. The van der Waals surface area contributed by atoms with Crippen LogP contribution in [0.25, 0.3) is 11.2 Å². The topological polar surface area (TPSA) is 79.3 Å². The predicted molar refractivity (Wildman–Crippen MR) is 130 cm³/mol. The summed E-state index contributed by atoms with van der Waals surface area (Å²) < 4.78 is 12.9. The first-order valence-electron chi connectivity index (χ1n) is 11.4. The fraction of sp³-hybridized carbons (Fsp3) is 0.609. The number of aromatic nitrogens is 5. The average molecular weight is 475 g/mol. The first-order valence-corrected chi connectivity index (χ1v) is 12.1. The highest BCUT2D eigenvalue weighted by Gasteiger charge is 2.26. The first-order chi connectivity index (χ1) is 15.5. The van der Waals surface area contributed by atoms with Crippen LogP contribution in [-0.2, 0) is 25.0 Å². The van der Waals surface area contributed by atoms with E-state index in [4.69, 9.17) is 14.2 Å². The van der Waals surface area contributed by atoms with Crippen molar-refractivity contribution in [1.29, 1.82) is 0 Å². The number of fused-ring (bicyclic) bond motifs is 1. The van der Waals surface area contributed by atoms with Gasteiger partial charge in [0.1, 0.15) is 17.9 Å². The average Bonchev–Trinajstić information content (AvgIpc) is 3.14. The quantitative estimate of drug-likeness (QED) is 0.232. The summed E-state index contributed by atoms with van der Waals surface area (Å²) >= 11 is 1.22. The van der Waals surface area contributed by atoms with Crippen molar-refractivity contribution >= 4 is 23.4 Å². The van der Waals surface area contributed by atoms with Gasteiger partial charge in [-0.05, 0) is 44.2 Å². The van der Waals surface area contributed by atoms with Crippen molar-refractivity contribution in [2.75, 3.05) is 13.1 Å². The predicted octanol–water partition coefficient (Wildman–Crippen LogP) is 3.88. The van der Waals surface area contributed by atoms with Crippen molar-refractivity contribution in [3.8, 4) is 5.75 Å². The minimum atomic E-state index is -0.0167.